The van der Waals surface area contributed by atoms with E-state index in [2.05, 4.69) is 15.2 Å². The first-order chi connectivity index (χ1) is 12.7. The molecule has 0 aliphatic heterocycles. The lowest BCUT2D eigenvalue weighted by Gasteiger charge is -2.02. The maximum atomic E-state index is 14.2. The Balaban J connectivity index is 1.69. The Morgan fingerprint density at radius 3 is 2.46 bits per heavy atom. The summed E-state index contributed by atoms with van der Waals surface area (Å²) in [7, 11) is 1.48. The minimum atomic E-state index is -0.487. The van der Waals surface area contributed by atoms with Crippen molar-refractivity contribution >= 4 is 0 Å². The van der Waals surface area contributed by atoms with Crippen molar-refractivity contribution in [3.63, 3.8) is 0 Å². The Kier molecular flexibility index (Phi) is 4.15. The van der Waals surface area contributed by atoms with Gasteiger partial charge >= 0.3 is 0 Å². The van der Waals surface area contributed by atoms with Crippen LogP contribution in [0.15, 0.2) is 71.3 Å². The molecule has 0 saturated heterocycles. The Bertz CT molecular complexity index is 1050. The number of methoxy groups -OCH3 is 1. The number of halogens is 1. The predicted octanol–water partition coefficient (Wildman–Crippen LogP) is 4.61. The van der Waals surface area contributed by atoms with Crippen molar-refractivity contribution in [3.05, 3.63) is 72.7 Å². The Labute approximate surface area is 149 Å². The zero-order valence-corrected chi connectivity index (χ0v) is 13.9. The van der Waals surface area contributed by atoms with Crippen LogP contribution in [0, 0.1) is 5.82 Å². The summed E-state index contributed by atoms with van der Waals surface area (Å²) in [5, 5.41) is 8.00. The molecular formula is C20H14FN3O2. The van der Waals surface area contributed by atoms with Gasteiger partial charge in [0, 0.05) is 23.4 Å². The van der Waals surface area contributed by atoms with Crippen molar-refractivity contribution in [2.75, 3.05) is 7.11 Å². The van der Waals surface area contributed by atoms with Crippen LogP contribution in [-0.2, 0) is 0 Å². The first kappa shape index (κ1) is 16.0. The number of benzene rings is 2. The van der Waals surface area contributed by atoms with Gasteiger partial charge in [-0.2, -0.15) is 0 Å². The number of pyridine rings is 1. The number of hydrogen-bond acceptors (Lipinski definition) is 5. The Morgan fingerprint density at radius 1 is 0.885 bits per heavy atom. The van der Waals surface area contributed by atoms with Crippen LogP contribution in [0.25, 0.3) is 34.2 Å². The topological polar surface area (TPSA) is 61.0 Å². The number of nitrogens with zero attached hydrogens (tertiary/aromatic N) is 3. The molecule has 0 aliphatic carbocycles. The van der Waals surface area contributed by atoms with Gasteiger partial charge in [0.25, 0.3) is 5.89 Å². The SMILES string of the molecule is COc1ccc(-c2nnc(-c3ccnc(-c4ccccc4)c3)o2)c(F)c1. The smallest absolute Gasteiger partial charge is 0.251 e. The third-order valence-electron chi connectivity index (χ3n) is 3.91. The molecule has 0 fully saturated rings. The molecule has 0 radical (unpaired) electrons. The standard InChI is InChI=1S/C20H14FN3O2/c1-25-15-7-8-16(17(21)12-15)20-24-23-19(26-20)14-9-10-22-18(11-14)13-5-3-2-4-6-13/h2-12H,1H3. The highest BCUT2D eigenvalue weighted by Gasteiger charge is 2.15. The summed E-state index contributed by atoms with van der Waals surface area (Å²) in [5.74, 6) is 0.347. The molecule has 128 valence electrons. The summed E-state index contributed by atoms with van der Waals surface area (Å²) in [6.07, 6.45) is 1.68. The van der Waals surface area contributed by atoms with Gasteiger partial charge in [0.1, 0.15) is 11.6 Å². The van der Waals surface area contributed by atoms with Crippen molar-refractivity contribution in [1.82, 2.24) is 15.2 Å². The fourth-order valence-electron chi connectivity index (χ4n) is 2.58. The maximum absolute atomic E-state index is 14.2. The van der Waals surface area contributed by atoms with Crippen molar-refractivity contribution in [3.8, 4) is 39.9 Å². The van der Waals surface area contributed by atoms with E-state index in [1.54, 1.807) is 24.4 Å². The summed E-state index contributed by atoms with van der Waals surface area (Å²) in [6, 6.07) is 17.9. The van der Waals surface area contributed by atoms with E-state index >= 15 is 0 Å². The molecule has 0 spiro atoms. The third-order valence-corrected chi connectivity index (χ3v) is 3.91. The molecule has 2 aromatic carbocycles. The summed E-state index contributed by atoms with van der Waals surface area (Å²) in [5.41, 5.74) is 2.71. The van der Waals surface area contributed by atoms with Crippen LogP contribution >= 0.6 is 0 Å². The lowest BCUT2D eigenvalue weighted by atomic mass is 10.1. The van der Waals surface area contributed by atoms with Crippen molar-refractivity contribution in [1.29, 1.82) is 0 Å². The lowest BCUT2D eigenvalue weighted by Crippen LogP contribution is -1.88. The van der Waals surface area contributed by atoms with Crippen LogP contribution in [0.4, 0.5) is 4.39 Å². The van der Waals surface area contributed by atoms with E-state index in [0.717, 1.165) is 11.3 Å². The number of rotatable bonds is 4. The van der Waals surface area contributed by atoms with Crippen LogP contribution in [0.2, 0.25) is 0 Å². The first-order valence-corrected chi connectivity index (χ1v) is 7.94. The highest BCUT2D eigenvalue weighted by molar-refractivity contribution is 5.66. The molecule has 4 rings (SSSR count). The van der Waals surface area contributed by atoms with Gasteiger partial charge in [-0.25, -0.2) is 4.39 Å². The van der Waals surface area contributed by atoms with Gasteiger partial charge in [-0.05, 0) is 24.3 Å². The minimum Gasteiger partial charge on any atom is -0.497 e. The summed E-state index contributed by atoms with van der Waals surface area (Å²) in [6.45, 7) is 0. The summed E-state index contributed by atoms with van der Waals surface area (Å²) in [4.78, 5) is 4.37. The average molecular weight is 347 g/mol. The van der Waals surface area contributed by atoms with E-state index in [4.69, 9.17) is 9.15 Å². The van der Waals surface area contributed by atoms with Crippen LogP contribution in [0.1, 0.15) is 0 Å². The zero-order chi connectivity index (χ0) is 17.9. The van der Waals surface area contributed by atoms with Crippen molar-refractivity contribution < 1.29 is 13.5 Å². The molecule has 0 amide bonds. The minimum absolute atomic E-state index is 0.109. The molecule has 0 unspecified atom stereocenters. The summed E-state index contributed by atoms with van der Waals surface area (Å²) < 4.78 is 24.9. The van der Waals surface area contributed by atoms with Gasteiger partial charge in [-0.3, -0.25) is 4.98 Å². The van der Waals surface area contributed by atoms with Gasteiger partial charge in [-0.15, -0.1) is 10.2 Å². The number of ether oxygens (including phenoxy) is 1. The normalized spacial score (nSPS) is 10.7. The van der Waals surface area contributed by atoms with Crippen molar-refractivity contribution in [2.24, 2.45) is 0 Å². The molecular weight excluding hydrogens is 333 g/mol. The van der Waals surface area contributed by atoms with Gasteiger partial charge in [0.15, 0.2) is 0 Å². The molecule has 6 heteroatoms. The molecule has 2 aromatic heterocycles. The highest BCUT2D eigenvalue weighted by atomic mass is 19.1. The second-order valence-electron chi connectivity index (χ2n) is 5.55. The van der Waals surface area contributed by atoms with E-state index in [1.165, 1.54) is 13.2 Å². The Hall–Kier alpha value is -3.54. The van der Waals surface area contributed by atoms with Crippen LogP contribution in [0.5, 0.6) is 5.75 Å². The van der Waals surface area contributed by atoms with E-state index in [9.17, 15) is 4.39 Å². The maximum Gasteiger partial charge on any atom is 0.251 e. The van der Waals surface area contributed by atoms with Gasteiger partial charge in [0.2, 0.25) is 5.89 Å². The van der Waals surface area contributed by atoms with E-state index in [0.29, 0.717) is 17.2 Å². The molecule has 0 bridgehead atoms. The fourth-order valence-corrected chi connectivity index (χ4v) is 2.58. The quantitative estimate of drug-likeness (QED) is 0.539. The van der Waals surface area contributed by atoms with Crippen LogP contribution in [0.3, 0.4) is 0 Å². The zero-order valence-electron chi connectivity index (χ0n) is 13.9. The van der Waals surface area contributed by atoms with Gasteiger partial charge < -0.3 is 9.15 Å². The van der Waals surface area contributed by atoms with Gasteiger partial charge in [0.05, 0.1) is 18.4 Å². The number of hydrogen-bond donors (Lipinski definition) is 0. The number of aromatic nitrogens is 3. The van der Waals surface area contributed by atoms with E-state index in [1.807, 2.05) is 36.4 Å². The van der Waals surface area contributed by atoms with E-state index < -0.39 is 5.82 Å². The predicted molar refractivity (Wildman–Crippen MR) is 94.9 cm³/mol. The molecule has 4 aromatic rings. The highest BCUT2D eigenvalue weighted by Crippen LogP contribution is 2.29. The summed E-state index contributed by atoms with van der Waals surface area (Å²) >= 11 is 0. The molecule has 0 atom stereocenters. The van der Waals surface area contributed by atoms with Crippen LogP contribution in [-0.4, -0.2) is 22.3 Å². The second-order valence-corrected chi connectivity index (χ2v) is 5.55. The monoisotopic (exact) mass is 347 g/mol. The molecule has 2 heterocycles. The molecule has 5 nitrogen and oxygen atoms in total. The fraction of sp³-hybridized carbons (Fsp3) is 0.0500. The van der Waals surface area contributed by atoms with E-state index in [-0.39, 0.29) is 11.5 Å². The second kappa shape index (κ2) is 6.76. The third kappa shape index (κ3) is 3.04. The molecule has 0 aliphatic rings. The molecule has 26 heavy (non-hydrogen) atoms. The van der Waals surface area contributed by atoms with Gasteiger partial charge in [-0.1, -0.05) is 30.3 Å². The van der Waals surface area contributed by atoms with Crippen molar-refractivity contribution in [2.45, 2.75) is 0 Å². The molecule has 0 N–H and O–H groups in total. The molecule has 0 saturated carbocycles. The average Bonchev–Trinajstić information content (AvgIpc) is 3.18. The largest absolute Gasteiger partial charge is 0.497 e. The van der Waals surface area contributed by atoms with Crippen LogP contribution < -0.4 is 4.74 Å². The first-order valence-electron chi connectivity index (χ1n) is 7.94. The Morgan fingerprint density at radius 2 is 1.69 bits per heavy atom. The lowest BCUT2D eigenvalue weighted by molar-refractivity contribution is 0.411.